The molecule has 2 N–H and O–H groups in total. The molecule has 0 unspecified atom stereocenters. The van der Waals surface area contributed by atoms with Crippen LogP contribution in [0, 0.1) is 6.92 Å². The van der Waals surface area contributed by atoms with E-state index in [0.29, 0.717) is 11.7 Å². The highest BCUT2D eigenvalue weighted by molar-refractivity contribution is 7.80. The molecule has 0 bridgehead atoms. The van der Waals surface area contributed by atoms with Gasteiger partial charge in [0.05, 0.1) is 6.54 Å². The molecule has 2 aromatic heterocycles. The third-order valence-electron chi connectivity index (χ3n) is 3.10. The molecule has 3 rings (SSSR count). The van der Waals surface area contributed by atoms with Crippen molar-refractivity contribution in [1.82, 2.24) is 19.9 Å². The number of rotatable bonds is 3. The van der Waals surface area contributed by atoms with Crippen molar-refractivity contribution in [3.05, 3.63) is 60.0 Å². The molecule has 0 saturated carbocycles. The van der Waals surface area contributed by atoms with Gasteiger partial charge in [-0.25, -0.2) is 0 Å². The maximum absolute atomic E-state index is 5.29. The van der Waals surface area contributed by atoms with E-state index in [1.54, 1.807) is 0 Å². The lowest BCUT2D eigenvalue weighted by Crippen LogP contribution is -2.28. The van der Waals surface area contributed by atoms with Crippen LogP contribution in [0.2, 0.25) is 0 Å². The third kappa shape index (κ3) is 3.17. The highest BCUT2D eigenvalue weighted by atomic mass is 32.1. The van der Waals surface area contributed by atoms with Gasteiger partial charge in [0, 0.05) is 11.9 Å². The predicted octanol–water partition coefficient (Wildman–Crippen LogP) is 2.52. The van der Waals surface area contributed by atoms with E-state index >= 15 is 0 Å². The molecule has 0 aliphatic rings. The maximum Gasteiger partial charge on any atom is 0.171 e. The molecular weight excluding hydrogens is 282 g/mol. The minimum atomic E-state index is 0.517. The number of hydrogen-bond acceptors (Lipinski definition) is 3. The zero-order valence-electron chi connectivity index (χ0n) is 11.6. The van der Waals surface area contributed by atoms with Gasteiger partial charge in [-0.1, -0.05) is 23.8 Å². The molecule has 0 aliphatic heterocycles. The van der Waals surface area contributed by atoms with E-state index in [4.69, 9.17) is 12.2 Å². The second kappa shape index (κ2) is 5.88. The molecule has 6 heteroatoms. The van der Waals surface area contributed by atoms with E-state index in [1.165, 1.54) is 5.56 Å². The fraction of sp³-hybridized carbons (Fsp3) is 0.133. The second-order valence-corrected chi connectivity index (χ2v) is 5.13. The molecule has 0 fully saturated rings. The number of anilines is 1. The van der Waals surface area contributed by atoms with Gasteiger partial charge in [-0.05, 0) is 43.4 Å². The van der Waals surface area contributed by atoms with Crippen LogP contribution < -0.4 is 10.6 Å². The summed E-state index contributed by atoms with van der Waals surface area (Å²) in [7, 11) is 0. The Morgan fingerprint density at radius 2 is 1.95 bits per heavy atom. The summed E-state index contributed by atoms with van der Waals surface area (Å²) in [6.45, 7) is 2.57. The summed E-state index contributed by atoms with van der Waals surface area (Å²) in [5.74, 6) is 0.818. The molecular formula is C15H15N5S. The molecule has 0 aliphatic carbocycles. The standard InChI is InChI=1S/C15H15N5S/c1-11-5-7-12(8-6-11)17-15(21)16-10-14-19-18-13-4-2-3-9-20(13)14/h2-9H,10H2,1H3,(H2,16,17,21). The van der Waals surface area contributed by atoms with Crippen LogP contribution in [0.15, 0.2) is 48.7 Å². The number of benzene rings is 1. The second-order valence-electron chi connectivity index (χ2n) is 4.72. The number of pyridine rings is 1. The summed E-state index contributed by atoms with van der Waals surface area (Å²) in [4.78, 5) is 0. The Kier molecular flexibility index (Phi) is 3.79. The fourth-order valence-corrected chi connectivity index (χ4v) is 2.17. The smallest absolute Gasteiger partial charge is 0.171 e. The van der Waals surface area contributed by atoms with Crippen LogP contribution in [0.5, 0.6) is 0 Å². The number of aromatic nitrogens is 3. The lowest BCUT2D eigenvalue weighted by atomic mass is 10.2. The van der Waals surface area contributed by atoms with E-state index < -0.39 is 0 Å². The van der Waals surface area contributed by atoms with Gasteiger partial charge in [-0.15, -0.1) is 10.2 Å². The van der Waals surface area contributed by atoms with Crippen molar-refractivity contribution >= 4 is 28.7 Å². The minimum absolute atomic E-state index is 0.517. The molecule has 0 saturated heterocycles. The van der Waals surface area contributed by atoms with Crippen molar-refractivity contribution < 1.29 is 0 Å². The molecule has 106 valence electrons. The number of nitrogens with one attached hydrogen (secondary N) is 2. The highest BCUT2D eigenvalue weighted by Gasteiger charge is 2.05. The molecule has 5 nitrogen and oxygen atoms in total. The van der Waals surface area contributed by atoms with Crippen LogP contribution in [0.1, 0.15) is 11.4 Å². The Morgan fingerprint density at radius 1 is 1.14 bits per heavy atom. The van der Waals surface area contributed by atoms with E-state index in [9.17, 15) is 0 Å². The topological polar surface area (TPSA) is 54.2 Å². The number of thiocarbonyl (C=S) groups is 1. The van der Waals surface area contributed by atoms with Crippen LogP contribution >= 0.6 is 12.2 Å². The maximum atomic E-state index is 5.29. The first-order valence-corrected chi connectivity index (χ1v) is 7.03. The van der Waals surface area contributed by atoms with E-state index in [-0.39, 0.29) is 0 Å². The lowest BCUT2D eigenvalue weighted by Gasteiger charge is -2.10. The molecule has 21 heavy (non-hydrogen) atoms. The molecule has 0 spiro atoms. The van der Waals surface area contributed by atoms with Gasteiger partial charge >= 0.3 is 0 Å². The van der Waals surface area contributed by atoms with Crippen LogP contribution in [-0.4, -0.2) is 19.7 Å². The first-order valence-electron chi connectivity index (χ1n) is 6.62. The summed E-state index contributed by atoms with van der Waals surface area (Å²) in [5.41, 5.74) is 3.00. The number of aryl methyl sites for hydroxylation is 1. The summed E-state index contributed by atoms with van der Waals surface area (Å²) in [5, 5.41) is 15.1. The average Bonchev–Trinajstić information content (AvgIpc) is 2.91. The largest absolute Gasteiger partial charge is 0.355 e. The summed E-state index contributed by atoms with van der Waals surface area (Å²) in [6, 6.07) is 13.9. The molecule has 3 aromatic rings. The van der Waals surface area contributed by atoms with Crippen LogP contribution in [0.3, 0.4) is 0 Å². The van der Waals surface area contributed by atoms with Crippen LogP contribution in [-0.2, 0) is 6.54 Å². The first-order chi connectivity index (χ1) is 10.2. The Hall–Kier alpha value is -2.47. The molecule has 0 atom stereocenters. The Balaban J connectivity index is 1.62. The van der Waals surface area contributed by atoms with Crippen molar-refractivity contribution in [2.24, 2.45) is 0 Å². The third-order valence-corrected chi connectivity index (χ3v) is 3.35. The Morgan fingerprint density at radius 3 is 2.76 bits per heavy atom. The van der Waals surface area contributed by atoms with Gasteiger partial charge in [-0.3, -0.25) is 4.40 Å². The zero-order valence-corrected chi connectivity index (χ0v) is 12.4. The SMILES string of the molecule is Cc1ccc(NC(=S)NCc2nnc3ccccn23)cc1. The van der Waals surface area contributed by atoms with Gasteiger partial charge in [0.1, 0.15) is 0 Å². The summed E-state index contributed by atoms with van der Waals surface area (Å²) < 4.78 is 1.93. The van der Waals surface area contributed by atoms with Gasteiger partial charge < -0.3 is 10.6 Å². The van der Waals surface area contributed by atoms with E-state index in [1.807, 2.05) is 53.1 Å². The molecule has 1 aromatic carbocycles. The van der Waals surface area contributed by atoms with Crippen molar-refractivity contribution in [2.75, 3.05) is 5.32 Å². The number of nitrogens with zero attached hydrogens (tertiary/aromatic N) is 3. The molecule has 0 amide bonds. The molecule has 0 radical (unpaired) electrons. The first kappa shape index (κ1) is 13.5. The van der Waals surface area contributed by atoms with Crippen molar-refractivity contribution in [2.45, 2.75) is 13.5 Å². The fourth-order valence-electron chi connectivity index (χ4n) is 1.98. The predicted molar refractivity (Wildman–Crippen MR) is 87.2 cm³/mol. The normalized spacial score (nSPS) is 10.5. The van der Waals surface area contributed by atoms with Crippen LogP contribution in [0.25, 0.3) is 5.65 Å². The summed E-state index contributed by atoms with van der Waals surface area (Å²) >= 11 is 5.29. The van der Waals surface area contributed by atoms with Crippen molar-refractivity contribution in [3.8, 4) is 0 Å². The van der Waals surface area contributed by atoms with Gasteiger partial charge in [0.25, 0.3) is 0 Å². The average molecular weight is 297 g/mol. The zero-order chi connectivity index (χ0) is 14.7. The van der Waals surface area contributed by atoms with Crippen molar-refractivity contribution in [1.29, 1.82) is 0 Å². The number of fused-ring (bicyclic) bond motifs is 1. The monoisotopic (exact) mass is 297 g/mol. The number of hydrogen-bond donors (Lipinski definition) is 2. The van der Waals surface area contributed by atoms with Crippen LogP contribution in [0.4, 0.5) is 5.69 Å². The minimum Gasteiger partial charge on any atom is -0.355 e. The Bertz CT molecular complexity index is 763. The van der Waals surface area contributed by atoms with Crippen molar-refractivity contribution in [3.63, 3.8) is 0 Å². The Labute approximate surface area is 128 Å². The molecule has 2 heterocycles. The lowest BCUT2D eigenvalue weighted by molar-refractivity contribution is 0.813. The summed E-state index contributed by atoms with van der Waals surface area (Å²) in [6.07, 6.45) is 1.93. The highest BCUT2D eigenvalue weighted by Crippen LogP contribution is 2.08. The van der Waals surface area contributed by atoms with Gasteiger partial charge in [-0.2, -0.15) is 0 Å². The van der Waals surface area contributed by atoms with Gasteiger partial charge in [0.15, 0.2) is 16.6 Å². The van der Waals surface area contributed by atoms with Gasteiger partial charge in [0.2, 0.25) is 0 Å². The quantitative estimate of drug-likeness (QED) is 0.728. The van der Waals surface area contributed by atoms with E-state index in [0.717, 1.165) is 17.2 Å². The van der Waals surface area contributed by atoms with E-state index in [2.05, 4.69) is 27.8 Å².